The van der Waals surface area contributed by atoms with Crippen molar-refractivity contribution in [3.05, 3.63) is 23.6 Å². The van der Waals surface area contributed by atoms with Crippen LogP contribution < -0.4 is 16.4 Å². The van der Waals surface area contributed by atoms with E-state index in [9.17, 15) is 0 Å². The second kappa shape index (κ2) is 4.95. The monoisotopic (exact) mass is 314 g/mol. The van der Waals surface area contributed by atoms with Gasteiger partial charge in [-0.05, 0) is 55.4 Å². The van der Waals surface area contributed by atoms with Crippen molar-refractivity contribution in [2.75, 3.05) is 4.90 Å². The van der Waals surface area contributed by atoms with E-state index in [1.165, 1.54) is 18.0 Å². The van der Waals surface area contributed by atoms with Crippen LogP contribution in [0.5, 0.6) is 0 Å². The molecular formula is C15H18N6S. The molecule has 4 N–H and O–H groups in total. The summed E-state index contributed by atoms with van der Waals surface area (Å²) in [6.07, 6.45) is 5.37. The Hall–Kier alpha value is -2.15. The van der Waals surface area contributed by atoms with Crippen LogP contribution in [-0.2, 0) is 0 Å². The van der Waals surface area contributed by atoms with Gasteiger partial charge in [0.05, 0.1) is 5.52 Å². The Morgan fingerprint density at radius 3 is 2.77 bits per heavy atom. The smallest absolute Gasteiger partial charge is 0.220 e. The van der Waals surface area contributed by atoms with Crippen LogP contribution in [0.15, 0.2) is 33.6 Å². The van der Waals surface area contributed by atoms with Crippen LogP contribution in [0, 0.1) is 0 Å². The molecule has 1 fully saturated rings. The zero-order chi connectivity index (χ0) is 15.2. The first-order chi connectivity index (χ1) is 10.7. The molecule has 0 saturated heterocycles. The molecule has 22 heavy (non-hydrogen) atoms. The summed E-state index contributed by atoms with van der Waals surface area (Å²) in [6, 6.07) is 6.19. The predicted octanol–water partition coefficient (Wildman–Crippen LogP) is 2.41. The first-order valence-electron chi connectivity index (χ1n) is 7.52. The summed E-state index contributed by atoms with van der Waals surface area (Å²) >= 11 is 1.46. The molecule has 1 aromatic heterocycles. The largest absolute Gasteiger partial charge is 0.369 e. The summed E-state index contributed by atoms with van der Waals surface area (Å²) in [5, 5.41) is 3.18. The van der Waals surface area contributed by atoms with Crippen LogP contribution >= 0.6 is 11.5 Å². The molecule has 0 atom stereocenters. The number of benzene rings is 1. The molecule has 2 aliphatic rings. The minimum Gasteiger partial charge on any atom is -0.369 e. The minimum absolute atomic E-state index is 0.283. The number of aliphatic imine (C=N–C) groups is 2. The molecule has 6 nitrogen and oxygen atoms in total. The molecule has 2 heterocycles. The fraction of sp³-hybridized carbons (Fsp3) is 0.400. The second-order valence-electron chi connectivity index (χ2n) is 5.88. The van der Waals surface area contributed by atoms with E-state index in [1.807, 2.05) is 10.3 Å². The molecule has 0 amide bonds. The van der Waals surface area contributed by atoms with E-state index in [-0.39, 0.29) is 5.96 Å². The number of hydrogen-bond acceptors (Lipinski definition) is 7. The highest BCUT2D eigenvalue weighted by atomic mass is 32.1. The van der Waals surface area contributed by atoms with Gasteiger partial charge in [-0.1, -0.05) is 6.42 Å². The van der Waals surface area contributed by atoms with Gasteiger partial charge in [-0.15, -0.1) is 0 Å². The lowest BCUT2D eigenvalue weighted by Crippen LogP contribution is -2.58. The zero-order valence-electron chi connectivity index (χ0n) is 12.2. The third kappa shape index (κ3) is 2.04. The molecule has 1 aliphatic heterocycles. The predicted molar refractivity (Wildman–Crippen MR) is 91.2 cm³/mol. The van der Waals surface area contributed by atoms with Gasteiger partial charge in [0, 0.05) is 16.5 Å². The third-order valence-corrected chi connectivity index (χ3v) is 5.12. The molecule has 0 radical (unpaired) electrons. The SMILES string of the molecule is NC1=NC2(CCCCC2)N(c2ccc3csnc3c2)C(N)=N1. The number of rotatable bonds is 1. The van der Waals surface area contributed by atoms with Crippen molar-refractivity contribution in [2.24, 2.45) is 21.5 Å². The molecule has 4 rings (SSSR count). The molecule has 1 aliphatic carbocycles. The lowest BCUT2D eigenvalue weighted by molar-refractivity contribution is 0.305. The van der Waals surface area contributed by atoms with Gasteiger partial charge in [-0.3, -0.25) is 4.90 Å². The van der Waals surface area contributed by atoms with Crippen molar-refractivity contribution in [2.45, 2.75) is 37.8 Å². The molecule has 114 valence electrons. The Balaban J connectivity index is 1.84. The van der Waals surface area contributed by atoms with Gasteiger partial charge < -0.3 is 11.5 Å². The highest BCUT2D eigenvalue weighted by Gasteiger charge is 2.42. The number of anilines is 1. The Labute approximate surface area is 132 Å². The van der Waals surface area contributed by atoms with Gasteiger partial charge in [-0.2, -0.15) is 9.37 Å². The number of aromatic nitrogens is 1. The number of fused-ring (bicyclic) bond motifs is 1. The lowest BCUT2D eigenvalue weighted by Gasteiger charge is -2.45. The number of guanidine groups is 2. The van der Waals surface area contributed by atoms with E-state index in [1.54, 1.807) is 0 Å². The average Bonchev–Trinajstić information content (AvgIpc) is 2.94. The van der Waals surface area contributed by atoms with Gasteiger partial charge in [-0.25, -0.2) is 4.99 Å². The Bertz CT molecular complexity index is 771. The first-order valence-corrected chi connectivity index (χ1v) is 8.35. The van der Waals surface area contributed by atoms with Crippen LogP contribution in [0.4, 0.5) is 5.69 Å². The van der Waals surface area contributed by atoms with Crippen LogP contribution in [0.1, 0.15) is 32.1 Å². The van der Waals surface area contributed by atoms with Crippen molar-refractivity contribution < 1.29 is 0 Å². The third-order valence-electron chi connectivity index (χ3n) is 4.45. The summed E-state index contributed by atoms with van der Waals surface area (Å²) in [7, 11) is 0. The summed E-state index contributed by atoms with van der Waals surface area (Å²) in [5.74, 6) is 0.703. The van der Waals surface area contributed by atoms with Gasteiger partial charge >= 0.3 is 0 Å². The fourth-order valence-electron chi connectivity index (χ4n) is 3.48. The highest BCUT2D eigenvalue weighted by molar-refractivity contribution is 7.04. The van der Waals surface area contributed by atoms with Gasteiger partial charge in [0.25, 0.3) is 0 Å². The summed E-state index contributed by atoms with van der Waals surface area (Å²) in [5.41, 5.74) is 13.7. The lowest BCUT2D eigenvalue weighted by atomic mass is 9.87. The molecule has 0 bridgehead atoms. The zero-order valence-corrected chi connectivity index (χ0v) is 13.0. The molecule has 1 saturated carbocycles. The Morgan fingerprint density at radius 1 is 1.14 bits per heavy atom. The number of hydrogen-bond donors (Lipinski definition) is 2. The van der Waals surface area contributed by atoms with Gasteiger partial charge in [0.15, 0.2) is 0 Å². The number of nitrogens with zero attached hydrogens (tertiary/aromatic N) is 4. The second-order valence-corrected chi connectivity index (χ2v) is 6.51. The fourth-order valence-corrected chi connectivity index (χ4v) is 4.12. The summed E-state index contributed by atoms with van der Waals surface area (Å²) in [6.45, 7) is 0. The Kier molecular flexibility index (Phi) is 3.04. The normalized spacial score (nSPS) is 21.0. The highest BCUT2D eigenvalue weighted by Crippen LogP contribution is 2.40. The maximum Gasteiger partial charge on any atom is 0.220 e. The molecule has 1 spiro atoms. The quantitative estimate of drug-likeness (QED) is 0.845. The summed E-state index contributed by atoms with van der Waals surface area (Å²) in [4.78, 5) is 10.9. The molecule has 7 heteroatoms. The van der Waals surface area contributed by atoms with E-state index in [0.29, 0.717) is 5.96 Å². The first kappa shape index (κ1) is 13.5. The van der Waals surface area contributed by atoms with Crippen molar-refractivity contribution in [3.8, 4) is 0 Å². The number of nitrogens with two attached hydrogens (primary N) is 2. The topological polar surface area (TPSA) is 92.9 Å². The van der Waals surface area contributed by atoms with E-state index in [4.69, 9.17) is 11.5 Å². The van der Waals surface area contributed by atoms with Crippen molar-refractivity contribution >= 4 is 40.0 Å². The van der Waals surface area contributed by atoms with Crippen LogP contribution in [0.2, 0.25) is 0 Å². The Morgan fingerprint density at radius 2 is 1.95 bits per heavy atom. The maximum atomic E-state index is 6.22. The van der Waals surface area contributed by atoms with Crippen molar-refractivity contribution in [3.63, 3.8) is 0 Å². The van der Waals surface area contributed by atoms with E-state index < -0.39 is 5.66 Å². The van der Waals surface area contributed by atoms with Crippen molar-refractivity contribution in [1.82, 2.24) is 4.37 Å². The van der Waals surface area contributed by atoms with E-state index in [2.05, 4.69) is 32.6 Å². The van der Waals surface area contributed by atoms with Crippen LogP contribution in [-0.4, -0.2) is 22.0 Å². The maximum absolute atomic E-state index is 6.22. The standard InChI is InChI=1S/C15H18N6S/c16-13-18-14(17)21(15(19-13)6-2-1-3-7-15)11-5-4-10-9-22-20-12(10)8-11/h4-5,8-9H,1-3,6-7H2,(H4,16,17,18,19). The van der Waals surface area contributed by atoms with Gasteiger partial charge in [0.1, 0.15) is 5.66 Å². The summed E-state index contributed by atoms with van der Waals surface area (Å²) < 4.78 is 4.42. The molecular weight excluding hydrogens is 296 g/mol. The van der Waals surface area contributed by atoms with Crippen molar-refractivity contribution in [1.29, 1.82) is 0 Å². The van der Waals surface area contributed by atoms with E-state index in [0.717, 1.165) is 42.3 Å². The average molecular weight is 314 g/mol. The molecule has 1 aromatic carbocycles. The molecule has 2 aromatic rings. The minimum atomic E-state index is -0.391. The van der Waals surface area contributed by atoms with Gasteiger partial charge in [0.2, 0.25) is 11.9 Å². The van der Waals surface area contributed by atoms with Crippen LogP contribution in [0.25, 0.3) is 10.9 Å². The van der Waals surface area contributed by atoms with E-state index >= 15 is 0 Å². The van der Waals surface area contributed by atoms with Crippen LogP contribution in [0.3, 0.4) is 0 Å². The molecule has 0 unspecified atom stereocenters.